The second kappa shape index (κ2) is 2.87. The molecule has 0 aliphatic carbocycles. The molecule has 0 saturated carbocycles. The zero-order valence-corrected chi connectivity index (χ0v) is 7.65. The Hall–Kier alpha value is -0.100. The SMILES string of the molecule is Nc1nc(Cl)c(F)cc1I. The van der Waals surface area contributed by atoms with E-state index in [1.165, 1.54) is 6.07 Å². The van der Waals surface area contributed by atoms with Crippen LogP contribution >= 0.6 is 34.2 Å². The van der Waals surface area contributed by atoms with Crippen molar-refractivity contribution in [3.05, 3.63) is 20.6 Å². The van der Waals surface area contributed by atoms with Crippen molar-refractivity contribution in [1.29, 1.82) is 0 Å². The average molecular weight is 272 g/mol. The van der Waals surface area contributed by atoms with Crippen LogP contribution in [0.1, 0.15) is 0 Å². The van der Waals surface area contributed by atoms with Gasteiger partial charge in [-0.1, -0.05) is 11.6 Å². The summed E-state index contributed by atoms with van der Waals surface area (Å²) in [6.45, 7) is 0. The number of pyridine rings is 1. The summed E-state index contributed by atoms with van der Waals surface area (Å²) in [7, 11) is 0. The monoisotopic (exact) mass is 272 g/mol. The molecule has 2 N–H and O–H groups in total. The maximum Gasteiger partial charge on any atom is 0.167 e. The van der Waals surface area contributed by atoms with Crippen molar-refractivity contribution in [1.82, 2.24) is 4.98 Å². The first-order valence-corrected chi connectivity index (χ1v) is 3.84. The predicted octanol–water partition coefficient (Wildman–Crippen LogP) is 2.06. The summed E-state index contributed by atoms with van der Waals surface area (Å²) in [4.78, 5) is 3.53. The number of nitrogens with zero attached hydrogens (tertiary/aromatic N) is 1. The quantitative estimate of drug-likeness (QED) is 0.580. The Bertz CT molecular complexity index is 216. The topological polar surface area (TPSA) is 38.9 Å². The van der Waals surface area contributed by atoms with Crippen LogP contribution in [0.25, 0.3) is 0 Å². The molecule has 2 nitrogen and oxygen atoms in total. The molecule has 0 bridgehead atoms. The Balaban J connectivity index is 3.28. The van der Waals surface area contributed by atoms with Crippen LogP contribution in [0.5, 0.6) is 0 Å². The van der Waals surface area contributed by atoms with Crippen LogP contribution in [0.2, 0.25) is 5.15 Å². The predicted molar refractivity (Wildman–Crippen MR) is 46.3 cm³/mol. The third-order valence-electron chi connectivity index (χ3n) is 0.914. The Morgan fingerprint density at radius 3 is 2.80 bits per heavy atom. The molecular formula is C5H3ClFIN2. The lowest BCUT2D eigenvalue weighted by Gasteiger charge is -1.97. The third kappa shape index (κ3) is 1.49. The summed E-state index contributed by atoms with van der Waals surface area (Å²) < 4.78 is 13.1. The lowest BCUT2D eigenvalue weighted by atomic mass is 10.4. The number of aromatic nitrogens is 1. The maximum absolute atomic E-state index is 12.5. The molecule has 0 spiro atoms. The Kier molecular flexibility index (Phi) is 2.30. The van der Waals surface area contributed by atoms with E-state index >= 15 is 0 Å². The zero-order valence-electron chi connectivity index (χ0n) is 4.74. The fraction of sp³-hybridized carbons (Fsp3) is 0. The lowest BCUT2D eigenvalue weighted by Crippen LogP contribution is -1.95. The molecule has 5 heteroatoms. The number of hydrogen-bond donors (Lipinski definition) is 1. The highest BCUT2D eigenvalue weighted by Gasteiger charge is 2.04. The molecule has 0 atom stereocenters. The van der Waals surface area contributed by atoms with E-state index in [1.807, 2.05) is 22.6 Å². The molecule has 1 aromatic rings. The summed E-state index contributed by atoms with van der Waals surface area (Å²) >= 11 is 7.20. The third-order valence-corrected chi connectivity index (χ3v) is 2.04. The van der Waals surface area contributed by atoms with Crippen molar-refractivity contribution >= 4 is 40.0 Å². The van der Waals surface area contributed by atoms with Gasteiger partial charge in [0.15, 0.2) is 11.0 Å². The van der Waals surface area contributed by atoms with Gasteiger partial charge in [-0.3, -0.25) is 0 Å². The van der Waals surface area contributed by atoms with E-state index in [4.69, 9.17) is 17.3 Å². The van der Waals surface area contributed by atoms with E-state index in [9.17, 15) is 4.39 Å². The maximum atomic E-state index is 12.5. The molecule has 54 valence electrons. The molecule has 1 aromatic heterocycles. The Morgan fingerprint density at radius 2 is 2.30 bits per heavy atom. The number of nitrogens with two attached hydrogens (primary N) is 1. The van der Waals surface area contributed by atoms with Gasteiger partial charge >= 0.3 is 0 Å². The molecule has 0 amide bonds. The smallest absolute Gasteiger partial charge is 0.167 e. The van der Waals surface area contributed by atoms with Crippen LogP contribution in [0.4, 0.5) is 10.2 Å². The van der Waals surface area contributed by atoms with Gasteiger partial charge in [0.05, 0.1) is 3.57 Å². The van der Waals surface area contributed by atoms with E-state index in [-0.39, 0.29) is 11.0 Å². The van der Waals surface area contributed by atoms with Crippen LogP contribution in [-0.4, -0.2) is 4.98 Å². The molecule has 10 heavy (non-hydrogen) atoms. The zero-order chi connectivity index (χ0) is 7.72. The van der Waals surface area contributed by atoms with Crippen molar-refractivity contribution in [2.45, 2.75) is 0 Å². The minimum absolute atomic E-state index is 0.182. The highest BCUT2D eigenvalue weighted by Crippen LogP contribution is 2.18. The van der Waals surface area contributed by atoms with Crippen LogP contribution in [0, 0.1) is 9.39 Å². The first-order chi connectivity index (χ1) is 4.61. The molecule has 0 fully saturated rings. The molecule has 1 rings (SSSR count). The van der Waals surface area contributed by atoms with Gasteiger partial charge in [-0.25, -0.2) is 9.37 Å². The fourth-order valence-corrected chi connectivity index (χ4v) is 0.997. The summed E-state index contributed by atoms with van der Waals surface area (Å²) in [5, 5.41) is -0.182. The standard InChI is InChI=1S/C5H3ClFIN2/c6-4-2(7)1-3(8)5(9)10-4/h1H,(H2,9,10). The van der Waals surface area contributed by atoms with Crippen molar-refractivity contribution < 1.29 is 4.39 Å². The molecular weight excluding hydrogens is 269 g/mol. The van der Waals surface area contributed by atoms with E-state index in [0.29, 0.717) is 3.57 Å². The van der Waals surface area contributed by atoms with E-state index in [0.717, 1.165) is 0 Å². The van der Waals surface area contributed by atoms with Gasteiger partial charge < -0.3 is 5.73 Å². The van der Waals surface area contributed by atoms with Crippen LogP contribution in [-0.2, 0) is 0 Å². The van der Waals surface area contributed by atoms with Gasteiger partial charge in [0.1, 0.15) is 5.82 Å². The highest BCUT2D eigenvalue weighted by molar-refractivity contribution is 14.1. The van der Waals surface area contributed by atoms with Gasteiger partial charge in [0.25, 0.3) is 0 Å². The number of nitrogen functional groups attached to an aromatic ring is 1. The van der Waals surface area contributed by atoms with Gasteiger partial charge in [0, 0.05) is 0 Å². The largest absolute Gasteiger partial charge is 0.383 e. The molecule has 0 aromatic carbocycles. The minimum atomic E-state index is -0.541. The molecule has 0 aliphatic heterocycles. The molecule has 0 aliphatic rings. The second-order valence-electron chi connectivity index (χ2n) is 1.63. The number of rotatable bonds is 0. The van der Waals surface area contributed by atoms with Crippen LogP contribution in [0.3, 0.4) is 0 Å². The molecule has 0 radical (unpaired) electrons. The number of halogens is 3. The minimum Gasteiger partial charge on any atom is -0.383 e. The first kappa shape index (κ1) is 8.00. The van der Waals surface area contributed by atoms with Crippen molar-refractivity contribution in [3.63, 3.8) is 0 Å². The van der Waals surface area contributed by atoms with Crippen molar-refractivity contribution in [2.24, 2.45) is 0 Å². The van der Waals surface area contributed by atoms with Gasteiger partial charge in [-0.15, -0.1) is 0 Å². The van der Waals surface area contributed by atoms with E-state index in [1.54, 1.807) is 0 Å². The van der Waals surface area contributed by atoms with Gasteiger partial charge in [-0.05, 0) is 28.7 Å². The average Bonchev–Trinajstić information content (AvgIpc) is 1.84. The number of hydrogen-bond acceptors (Lipinski definition) is 2. The summed E-state index contributed by atoms with van der Waals surface area (Å²) in [6.07, 6.45) is 0. The first-order valence-electron chi connectivity index (χ1n) is 2.38. The normalized spacial score (nSPS) is 9.90. The van der Waals surface area contributed by atoms with Crippen molar-refractivity contribution in [2.75, 3.05) is 5.73 Å². The van der Waals surface area contributed by atoms with Gasteiger partial charge in [-0.2, -0.15) is 0 Å². The highest BCUT2D eigenvalue weighted by atomic mass is 127. The van der Waals surface area contributed by atoms with Crippen molar-refractivity contribution in [3.8, 4) is 0 Å². The van der Waals surface area contributed by atoms with Gasteiger partial charge in [0.2, 0.25) is 0 Å². The number of anilines is 1. The van der Waals surface area contributed by atoms with E-state index < -0.39 is 5.82 Å². The van der Waals surface area contributed by atoms with Crippen LogP contribution < -0.4 is 5.73 Å². The second-order valence-corrected chi connectivity index (χ2v) is 3.15. The Labute approximate surface area is 75.7 Å². The summed E-state index contributed by atoms with van der Waals surface area (Å²) in [6, 6.07) is 1.24. The summed E-state index contributed by atoms with van der Waals surface area (Å²) in [5.41, 5.74) is 5.32. The lowest BCUT2D eigenvalue weighted by molar-refractivity contribution is 0.621. The molecule has 0 saturated heterocycles. The molecule has 0 unspecified atom stereocenters. The van der Waals surface area contributed by atoms with E-state index in [2.05, 4.69) is 4.98 Å². The Morgan fingerprint density at radius 1 is 1.70 bits per heavy atom. The summed E-state index contributed by atoms with van der Waals surface area (Å²) in [5.74, 6) is -0.285. The fourth-order valence-electron chi connectivity index (χ4n) is 0.457. The molecule has 1 heterocycles. The van der Waals surface area contributed by atoms with Crippen LogP contribution in [0.15, 0.2) is 6.07 Å².